The SMILES string of the molecule is CN(C)c1ccc(-c2cnc(NC(N)=O)c3ncccc23)cc1.Cl.Cl. The second-order valence-corrected chi connectivity index (χ2v) is 5.35. The minimum Gasteiger partial charge on any atom is -0.378 e. The first-order chi connectivity index (χ1) is 11.1. The van der Waals surface area contributed by atoms with Crippen molar-refractivity contribution in [1.82, 2.24) is 9.97 Å². The number of halogens is 2. The molecule has 0 atom stereocenters. The Labute approximate surface area is 158 Å². The summed E-state index contributed by atoms with van der Waals surface area (Å²) in [4.78, 5) is 21.8. The summed E-state index contributed by atoms with van der Waals surface area (Å²) in [5.41, 5.74) is 8.91. The molecular formula is C17H19Cl2N5O. The number of primary amides is 1. The van der Waals surface area contributed by atoms with Gasteiger partial charge in [0.2, 0.25) is 0 Å². The maximum atomic E-state index is 11.1. The number of carbonyl (C=O) groups excluding carboxylic acids is 1. The average molecular weight is 380 g/mol. The van der Waals surface area contributed by atoms with Crippen LogP contribution in [0.2, 0.25) is 0 Å². The quantitative estimate of drug-likeness (QED) is 0.726. The van der Waals surface area contributed by atoms with Gasteiger partial charge in [0.05, 0.1) is 0 Å². The molecule has 0 bridgehead atoms. The standard InChI is InChI=1S/C17H17N5O.2ClH/c1-22(2)12-7-5-11(6-8-12)14-10-20-16(21-17(18)23)15-13(14)4-3-9-19-15;;/h3-10H,1-2H3,(H3,18,20,21,23);2*1H. The molecule has 0 spiro atoms. The van der Waals surface area contributed by atoms with E-state index in [2.05, 4.69) is 15.3 Å². The number of nitrogens with zero attached hydrogens (tertiary/aromatic N) is 3. The van der Waals surface area contributed by atoms with Crippen LogP contribution in [-0.2, 0) is 0 Å². The van der Waals surface area contributed by atoms with Gasteiger partial charge in [-0.15, -0.1) is 24.8 Å². The van der Waals surface area contributed by atoms with Crippen LogP contribution in [0.25, 0.3) is 22.0 Å². The predicted octanol–water partition coefficient (Wildman–Crippen LogP) is 3.70. The minimum atomic E-state index is -0.660. The Balaban J connectivity index is 0.00000156. The van der Waals surface area contributed by atoms with Crippen molar-refractivity contribution in [3.63, 3.8) is 0 Å². The molecule has 0 aliphatic heterocycles. The van der Waals surface area contributed by atoms with E-state index in [0.29, 0.717) is 11.3 Å². The fourth-order valence-corrected chi connectivity index (χ4v) is 2.45. The van der Waals surface area contributed by atoms with Crippen molar-refractivity contribution in [2.45, 2.75) is 0 Å². The normalized spacial score (nSPS) is 9.68. The number of aromatic nitrogens is 2. The van der Waals surface area contributed by atoms with Crippen molar-refractivity contribution < 1.29 is 4.79 Å². The van der Waals surface area contributed by atoms with Crippen molar-refractivity contribution in [3.05, 3.63) is 48.8 Å². The summed E-state index contributed by atoms with van der Waals surface area (Å²) in [7, 11) is 4.00. The Morgan fingerprint density at radius 3 is 2.36 bits per heavy atom. The third-order valence-electron chi connectivity index (χ3n) is 3.58. The lowest BCUT2D eigenvalue weighted by molar-refractivity contribution is 0.259. The van der Waals surface area contributed by atoms with E-state index in [-0.39, 0.29) is 24.8 Å². The Bertz CT molecular complexity index is 869. The highest BCUT2D eigenvalue weighted by Crippen LogP contribution is 2.31. The van der Waals surface area contributed by atoms with Crippen LogP contribution < -0.4 is 16.0 Å². The lowest BCUT2D eigenvalue weighted by Gasteiger charge is -2.14. The maximum absolute atomic E-state index is 11.1. The van der Waals surface area contributed by atoms with Crippen LogP contribution in [0, 0.1) is 0 Å². The van der Waals surface area contributed by atoms with E-state index in [4.69, 9.17) is 5.73 Å². The van der Waals surface area contributed by atoms with Crippen LogP contribution in [0.3, 0.4) is 0 Å². The maximum Gasteiger partial charge on any atom is 0.317 e. The summed E-state index contributed by atoms with van der Waals surface area (Å²) in [6, 6.07) is 11.3. The fraction of sp³-hybridized carbons (Fsp3) is 0.118. The number of nitrogens with one attached hydrogen (secondary N) is 1. The minimum absolute atomic E-state index is 0. The summed E-state index contributed by atoms with van der Waals surface area (Å²) < 4.78 is 0. The molecule has 2 amide bonds. The van der Waals surface area contributed by atoms with Crippen molar-refractivity contribution >= 4 is 53.3 Å². The second kappa shape index (κ2) is 8.50. The number of nitrogens with two attached hydrogens (primary N) is 1. The van der Waals surface area contributed by atoms with E-state index in [1.165, 1.54) is 0 Å². The molecule has 6 nitrogen and oxygen atoms in total. The van der Waals surface area contributed by atoms with Crippen LogP contribution in [0.4, 0.5) is 16.3 Å². The van der Waals surface area contributed by atoms with E-state index < -0.39 is 6.03 Å². The summed E-state index contributed by atoms with van der Waals surface area (Å²) in [5.74, 6) is 0.363. The highest BCUT2D eigenvalue weighted by Gasteiger charge is 2.11. The number of fused-ring (bicyclic) bond motifs is 1. The van der Waals surface area contributed by atoms with E-state index >= 15 is 0 Å². The van der Waals surface area contributed by atoms with Crippen LogP contribution >= 0.6 is 24.8 Å². The highest BCUT2D eigenvalue weighted by atomic mass is 35.5. The number of urea groups is 1. The molecule has 0 aliphatic carbocycles. The molecule has 1 aromatic carbocycles. The largest absolute Gasteiger partial charge is 0.378 e. The molecule has 0 saturated heterocycles. The van der Waals surface area contributed by atoms with Gasteiger partial charge in [-0.3, -0.25) is 10.3 Å². The van der Waals surface area contributed by atoms with Gasteiger partial charge in [-0.1, -0.05) is 18.2 Å². The molecule has 0 fully saturated rings. The number of benzene rings is 1. The summed E-state index contributed by atoms with van der Waals surface area (Å²) in [5, 5.41) is 3.42. The third-order valence-corrected chi connectivity index (χ3v) is 3.58. The van der Waals surface area contributed by atoms with E-state index in [1.807, 2.05) is 55.4 Å². The first-order valence-electron chi connectivity index (χ1n) is 7.14. The first-order valence-corrected chi connectivity index (χ1v) is 7.14. The van der Waals surface area contributed by atoms with Gasteiger partial charge in [0.15, 0.2) is 5.82 Å². The zero-order valence-electron chi connectivity index (χ0n) is 13.8. The molecule has 0 radical (unpaired) electrons. The molecule has 3 aromatic rings. The van der Waals surface area contributed by atoms with Gasteiger partial charge in [0.1, 0.15) is 5.52 Å². The van der Waals surface area contributed by atoms with Gasteiger partial charge in [-0.05, 0) is 23.8 Å². The zero-order chi connectivity index (χ0) is 16.4. The summed E-state index contributed by atoms with van der Waals surface area (Å²) in [6.07, 6.45) is 3.38. The molecule has 0 aliphatic rings. The fourth-order valence-electron chi connectivity index (χ4n) is 2.45. The van der Waals surface area contributed by atoms with Gasteiger partial charge in [-0.2, -0.15) is 0 Å². The van der Waals surface area contributed by atoms with Gasteiger partial charge < -0.3 is 10.6 Å². The number of carbonyl (C=O) groups is 1. The number of pyridine rings is 2. The van der Waals surface area contributed by atoms with Gasteiger partial charge in [0, 0.05) is 43.1 Å². The van der Waals surface area contributed by atoms with Gasteiger partial charge in [-0.25, -0.2) is 9.78 Å². The van der Waals surface area contributed by atoms with Crippen LogP contribution in [0.15, 0.2) is 48.8 Å². The molecule has 2 aromatic heterocycles. The second-order valence-electron chi connectivity index (χ2n) is 5.35. The highest BCUT2D eigenvalue weighted by molar-refractivity contribution is 6.03. The van der Waals surface area contributed by atoms with Crippen molar-refractivity contribution in [3.8, 4) is 11.1 Å². The van der Waals surface area contributed by atoms with Crippen molar-refractivity contribution in [2.75, 3.05) is 24.3 Å². The molecule has 132 valence electrons. The summed E-state index contributed by atoms with van der Waals surface area (Å²) >= 11 is 0. The first kappa shape index (κ1) is 20.5. The molecule has 0 unspecified atom stereocenters. The van der Waals surface area contributed by atoms with Gasteiger partial charge >= 0.3 is 6.03 Å². The van der Waals surface area contributed by atoms with E-state index in [9.17, 15) is 4.79 Å². The van der Waals surface area contributed by atoms with Gasteiger partial charge in [0.25, 0.3) is 0 Å². The molecule has 3 N–H and O–H groups in total. The number of anilines is 2. The Morgan fingerprint density at radius 1 is 1.08 bits per heavy atom. The van der Waals surface area contributed by atoms with Crippen molar-refractivity contribution in [2.24, 2.45) is 5.73 Å². The van der Waals surface area contributed by atoms with Crippen LogP contribution in [-0.4, -0.2) is 30.1 Å². The van der Waals surface area contributed by atoms with Crippen molar-refractivity contribution in [1.29, 1.82) is 0 Å². The smallest absolute Gasteiger partial charge is 0.317 e. The number of hydrogen-bond donors (Lipinski definition) is 2. The van der Waals surface area contributed by atoms with Crippen LogP contribution in [0.1, 0.15) is 0 Å². The molecule has 3 rings (SSSR count). The van der Waals surface area contributed by atoms with Crippen LogP contribution in [0.5, 0.6) is 0 Å². The number of rotatable bonds is 3. The monoisotopic (exact) mass is 379 g/mol. The zero-order valence-corrected chi connectivity index (χ0v) is 15.4. The Morgan fingerprint density at radius 2 is 1.76 bits per heavy atom. The third kappa shape index (κ3) is 4.29. The lowest BCUT2D eigenvalue weighted by Crippen LogP contribution is -2.20. The topological polar surface area (TPSA) is 84.1 Å². The molecule has 0 saturated carbocycles. The Hall–Kier alpha value is -2.57. The van der Waals surface area contributed by atoms with E-state index in [1.54, 1.807) is 12.4 Å². The number of amides is 2. The lowest BCUT2D eigenvalue weighted by atomic mass is 10.0. The molecular weight excluding hydrogens is 361 g/mol. The molecule has 8 heteroatoms. The van der Waals surface area contributed by atoms with E-state index in [0.717, 1.165) is 22.2 Å². The predicted molar refractivity (Wildman–Crippen MR) is 107 cm³/mol. The average Bonchev–Trinajstić information content (AvgIpc) is 2.55. The Kier molecular flexibility index (Phi) is 6.97. The molecule has 2 heterocycles. The number of hydrogen-bond acceptors (Lipinski definition) is 4. The summed E-state index contributed by atoms with van der Waals surface area (Å²) in [6.45, 7) is 0. The molecule has 25 heavy (non-hydrogen) atoms.